The zero-order chi connectivity index (χ0) is 18.3. The van der Waals surface area contributed by atoms with Crippen molar-refractivity contribution in [2.24, 2.45) is 4.99 Å². The van der Waals surface area contributed by atoms with E-state index in [2.05, 4.69) is 33.9 Å². The second kappa shape index (κ2) is 11.0. The van der Waals surface area contributed by atoms with Gasteiger partial charge in [0.1, 0.15) is 0 Å². The summed E-state index contributed by atoms with van der Waals surface area (Å²) in [5.41, 5.74) is 1.42. The highest BCUT2D eigenvalue weighted by atomic mass is 127. The minimum absolute atomic E-state index is 0. The fourth-order valence-electron chi connectivity index (χ4n) is 2.75. The largest absolute Gasteiger partial charge is 0.356 e. The first-order valence-electron chi connectivity index (χ1n) is 8.99. The molecule has 0 radical (unpaired) electrons. The lowest BCUT2D eigenvalue weighted by atomic mass is 9.96. The van der Waals surface area contributed by atoms with Gasteiger partial charge in [0.25, 0.3) is 0 Å². The van der Waals surface area contributed by atoms with E-state index in [1.54, 1.807) is 7.05 Å². The second-order valence-corrected chi connectivity index (χ2v) is 7.21. The number of rotatable bonds is 8. The van der Waals surface area contributed by atoms with Crippen molar-refractivity contribution in [2.45, 2.75) is 51.0 Å². The number of guanidine groups is 1. The van der Waals surface area contributed by atoms with Crippen molar-refractivity contribution in [2.75, 3.05) is 20.1 Å². The molecule has 7 heteroatoms. The molecule has 1 aliphatic rings. The molecular formula is C19H30ClIN4O. The summed E-state index contributed by atoms with van der Waals surface area (Å²) in [4.78, 5) is 16.0. The molecule has 2 rings (SSSR count). The molecule has 1 aliphatic carbocycles. The van der Waals surface area contributed by atoms with Crippen molar-refractivity contribution in [3.8, 4) is 0 Å². The highest BCUT2D eigenvalue weighted by molar-refractivity contribution is 14.0. The van der Waals surface area contributed by atoms with Crippen LogP contribution in [0.2, 0.25) is 5.02 Å². The van der Waals surface area contributed by atoms with Gasteiger partial charge in [0, 0.05) is 43.0 Å². The van der Waals surface area contributed by atoms with Crippen LogP contribution in [0.1, 0.15) is 45.1 Å². The molecule has 1 aromatic carbocycles. The summed E-state index contributed by atoms with van der Waals surface area (Å²) in [6, 6.07) is 8.30. The van der Waals surface area contributed by atoms with Crippen LogP contribution in [0.4, 0.5) is 0 Å². The third-order valence-electron chi connectivity index (χ3n) is 4.77. The Morgan fingerprint density at radius 2 is 2.08 bits per heavy atom. The molecule has 1 unspecified atom stereocenters. The van der Waals surface area contributed by atoms with Crippen LogP contribution >= 0.6 is 35.6 Å². The van der Waals surface area contributed by atoms with Crippen LogP contribution in [-0.2, 0) is 10.2 Å². The molecule has 5 nitrogen and oxygen atoms in total. The predicted molar refractivity (Wildman–Crippen MR) is 120 cm³/mol. The van der Waals surface area contributed by atoms with E-state index < -0.39 is 0 Å². The molecule has 0 saturated heterocycles. The van der Waals surface area contributed by atoms with E-state index >= 15 is 0 Å². The number of aliphatic imine (C=N–C) groups is 1. The molecule has 1 fully saturated rings. The summed E-state index contributed by atoms with van der Waals surface area (Å²) in [5.74, 6) is 0.791. The van der Waals surface area contributed by atoms with E-state index in [1.165, 1.54) is 5.56 Å². The molecule has 1 aromatic rings. The molecule has 1 saturated carbocycles. The molecule has 0 heterocycles. The molecular weight excluding hydrogens is 463 g/mol. The lowest BCUT2D eigenvalue weighted by Crippen LogP contribution is -2.43. The molecule has 1 amide bonds. The summed E-state index contributed by atoms with van der Waals surface area (Å²) < 4.78 is 0. The smallest absolute Gasteiger partial charge is 0.221 e. The Morgan fingerprint density at radius 1 is 1.35 bits per heavy atom. The maximum absolute atomic E-state index is 11.8. The highest BCUT2D eigenvalue weighted by Crippen LogP contribution is 2.48. The first-order valence-corrected chi connectivity index (χ1v) is 9.37. The molecule has 1 atom stereocenters. The second-order valence-electron chi connectivity index (χ2n) is 6.77. The number of carbonyl (C=O) groups excluding carboxylic acids is 1. The summed E-state index contributed by atoms with van der Waals surface area (Å²) in [5, 5.41) is 10.3. The van der Waals surface area contributed by atoms with E-state index in [4.69, 9.17) is 11.6 Å². The molecule has 3 N–H and O–H groups in total. The van der Waals surface area contributed by atoms with Crippen LogP contribution in [0.25, 0.3) is 0 Å². The molecule has 0 aromatic heterocycles. The summed E-state index contributed by atoms with van der Waals surface area (Å²) in [6.07, 6.45) is 3.67. The van der Waals surface area contributed by atoms with Gasteiger partial charge < -0.3 is 16.0 Å². The van der Waals surface area contributed by atoms with Crippen LogP contribution in [-0.4, -0.2) is 38.0 Å². The van der Waals surface area contributed by atoms with Gasteiger partial charge in [-0.3, -0.25) is 9.79 Å². The molecule has 0 aliphatic heterocycles. The number of carbonyl (C=O) groups is 1. The van der Waals surface area contributed by atoms with Gasteiger partial charge in [0.2, 0.25) is 5.91 Å². The van der Waals surface area contributed by atoms with Crippen LogP contribution < -0.4 is 16.0 Å². The van der Waals surface area contributed by atoms with Crippen LogP contribution in [0.3, 0.4) is 0 Å². The molecule has 146 valence electrons. The van der Waals surface area contributed by atoms with Crippen molar-refractivity contribution in [1.29, 1.82) is 0 Å². The molecule has 26 heavy (non-hydrogen) atoms. The molecule has 0 spiro atoms. The fourth-order valence-corrected chi connectivity index (χ4v) is 2.94. The number of nitrogens with zero attached hydrogens (tertiary/aromatic N) is 1. The topological polar surface area (TPSA) is 65.5 Å². The average molecular weight is 493 g/mol. The maximum atomic E-state index is 11.8. The quantitative estimate of drug-likeness (QED) is 0.296. The van der Waals surface area contributed by atoms with Crippen molar-refractivity contribution in [3.05, 3.63) is 34.9 Å². The summed E-state index contributed by atoms with van der Waals surface area (Å²) in [7, 11) is 1.74. The Labute approximate surface area is 178 Å². The van der Waals surface area contributed by atoms with E-state index in [0.717, 1.165) is 36.8 Å². The van der Waals surface area contributed by atoms with Gasteiger partial charge in [-0.05, 0) is 43.9 Å². The van der Waals surface area contributed by atoms with Crippen molar-refractivity contribution >= 4 is 47.4 Å². The minimum Gasteiger partial charge on any atom is -0.356 e. The number of benzene rings is 1. The lowest BCUT2D eigenvalue weighted by Gasteiger charge is -2.19. The van der Waals surface area contributed by atoms with Gasteiger partial charge in [-0.25, -0.2) is 0 Å². The third kappa shape index (κ3) is 6.95. The number of hydrogen-bond donors (Lipinski definition) is 3. The van der Waals surface area contributed by atoms with Crippen LogP contribution in [0.5, 0.6) is 0 Å². The first-order chi connectivity index (χ1) is 12.0. The molecule has 0 bridgehead atoms. The van der Waals surface area contributed by atoms with Gasteiger partial charge in [-0.2, -0.15) is 0 Å². The van der Waals surface area contributed by atoms with Gasteiger partial charge in [0.15, 0.2) is 5.96 Å². The number of amides is 1. The maximum Gasteiger partial charge on any atom is 0.221 e. The van der Waals surface area contributed by atoms with E-state index in [9.17, 15) is 4.79 Å². The van der Waals surface area contributed by atoms with E-state index in [0.29, 0.717) is 13.0 Å². The number of nitrogens with one attached hydrogen (secondary N) is 3. The zero-order valence-electron chi connectivity index (χ0n) is 15.8. The zero-order valence-corrected chi connectivity index (χ0v) is 18.9. The normalized spacial score (nSPS) is 16.2. The Balaban J connectivity index is 0.00000338. The standard InChI is InChI=1S/C19H29ClN4O.HI/c1-4-14(2)24-17(25)8-11-22-18(21-3)23-13-19(9-10-19)15-6-5-7-16(20)12-15;/h5-7,12,14H,4,8-11,13H2,1-3H3,(H,24,25)(H2,21,22,23);1H. The average Bonchev–Trinajstić information content (AvgIpc) is 3.39. The third-order valence-corrected chi connectivity index (χ3v) is 5.01. The number of halogens is 2. The highest BCUT2D eigenvalue weighted by Gasteiger charge is 2.44. The summed E-state index contributed by atoms with van der Waals surface area (Å²) in [6.45, 7) is 5.44. The predicted octanol–water partition coefficient (Wildman–Crippen LogP) is 3.46. The van der Waals surface area contributed by atoms with Gasteiger partial charge >= 0.3 is 0 Å². The Hall–Kier alpha value is -1.02. The van der Waals surface area contributed by atoms with Gasteiger partial charge in [-0.1, -0.05) is 30.7 Å². The SMILES string of the molecule is CCC(C)NC(=O)CCNC(=NC)NCC1(c2cccc(Cl)c2)CC1.I. The van der Waals surface area contributed by atoms with E-state index in [-0.39, 0.29) is 41.3 Å². The summed E-state index contributed by atoms with van der Waals surface area (Å²) >= 11 is 6.12. The lowest BCUT2D eigenvalue weighted by molar-refractivity contribution is -0.121. The Morgan fingerprint density at radius 3 is 2.65 bits per heavy atom. The van der Waals surface area contributed by atoms with Crippen molar-refractivity contribution < 1.29 is 4.79 Å². The van der Waals surface area contributed by atoms with Gasteiger partial charge in [0.05, 0.1) is 0 Å². The van der Waals surface area contributed by atoms with Crippen molar-refractivity contribution in [1.82, 2.24) is 16.0 Å². The Bertz CT molecular complexity index is 619. The first kappa shape index (κ1) is 23.0. The van der Waals surface area contributed by atoms with Crippen LogP contribution in [0, 0.1) is 0 Å². The van der Waals surface area contributed by atoms with E-state index in [1.807, 2.05) is 25.1 Å². The minimum atomic E-state index is 0. The monoisotopic (exact) mass is 492 g/mol. The Kier molecular flexibility index (Phi) is 9.71. The van der Waals surface area contributed by atoms with Crippen LogP contribution in [0.15, 0.2) is 29.3 Å². The van der Waals surface area contributed by atoms with Gasteiger partial charge in [-0.15, -0.1) is 24.0 Å². The number of hydrogen-bond acceptors (Lipinski definition) is 2. The fraction of sp³-hybridized carbons (Fsp3) is 0.579. The van der Waals surface area contributed by atoms with Crippen molar-refractivity contribution in [3.63, 3.8) is 0 Å².